The van der Waals surface area contributed by atoms with Crippen molar-refractivity contribution < 1.29 is 4.39 Å². The lowest BCUT2D eigenvalue weighted by Crippen LogP contribution is -2.22. The molecule has 0 aliphatic rings. The Bertz CT molecular complexity index is 603. The van der Waals surface area contributed by atoms with E-state index in [4.69, 9.17) is 11.6 Å². The van der Waals surface area contributed by atoms with Gasteiger partial charge in [0.05, 0.1) is 0 Å². The van der Waals surface area contributed by atoms with Gasteiger partial charge in [-0.25, -0.2) is 4.39 Å². The quantitative estimate of drug-likeness (QED) is 0.705. The van der Waals surface area contributed by atoms with Crippen LogP contribution in [0.3, 0.4) is 0 Å². The van der Waals surface area contributed by atoms with Crippen LogP contribution < -0.4 is 0 Å². The van der Waals surface area contributed by atoms with Gasteiger partial charge in [-0.1, -0.05) is 51.8 Å². The summed E-state index contributed by atoms with van der Waals surface area (Å²) >= 11 is 9.64. The summed E-state index contributed by atoms with van der Waals surface area (Å²) in [7, 11) is 2.03. The molecule has 0 saturated carbocycles. The van der Waals surface area contributed by atoms with E-state index in [1.54, 1.807) is 6.07 Å². The van der Waals surface area contributed by atoms with E-state index in [-0.39, 0.29) is 11.9 Å². The number of hydrogen-bond donors (Lipinski definition) is 0. The number of rotatable bonds is 4. The van der Waals surface area contributed by atoms with Crippen LogP contribution in [0.1, 0.15) is 24.1 Å². The number of hydrogen-bond acceptors (Lipinski definition) is 1. The lowest BCUT2D eigenvalue weighted by Gasteiger charge is -2.26. The molecule has 0 amide bonds. The fraction of sp³-hybridized carbons (Fsp3) is 0.250. The monoisotopic (exact) mass is 355 g/mol. The molecule has 20 heavy (non-hydrogen) atoms. The Morgan fingerprint density at radius 3 is 2.60 bits per heavy atom. The summed E-state index contributed by atoms with van der Waals surface area (Å²) in [6, 6.07) is 12.8. The average Bonchev–Trinajstić information content (AvgIpc) is 2.41. The van der Waals surface area contributed by atoms with E-state index in [0.717, 1.165) is 20.6 Å². The maximum Gasteiger partial charge on any atom is 0.124 e. The van der Waals surface area contributed by atoms with Crippen LogP contribution in [-0.4, -0.2) is 11.9 Å². The lowest BCUT2D eigenvalue weighted by atomic mass is 10.1. The fourth-order valence-corrected chi connectivity index (χ4v) is 2.88. The van der Waals surface area contributed by atoms with E-state index >= 15 is 0 Å². The van der Waals surface area contributed by atoms with Gasteiger partial charge in [0.25, 0.3) is 0 Å². The Morgan fingerprint density at radius 2 is 1.95 bits per heavy atom. The highest BCUT2D eigenvalue weighted by Crippen LogP contribution is 2.28. The average molecular weight is 357 g/mol. The lowest BCUT2D eigenvalue weighted by molar-refractivity contribution is 0.252. The summed E-state index contributed by atoms with van der Waals surface area (Å²) in [4.78, 5) is 2.18. The molecule has 0 saturated heterocycles. The third-order valence-electron chi connectivity index (χ3n) is 3.45. The van der Waals surface area contributed by atoms with E-state index in [2.05, 4.69) is 27.8 Å². The molecule has 0 fully saturated rings. The Balaban J connectivity index is 2.15. The van der Waals surface area contributed by atoms with Gasteiger partial charge in [0.2, 0.25) is 0 Å². The molecule has 1 nitrogen and oxygen atoms in total. The largest absolute Gasteiger partial charge is 0.295 e. The molecule has 0 N–H and O–H groups in total. The van der Waals surface area contributed by atoms with Gasteiger partial charge < -0.3 is 0 Å². The predicted molar refractivity (Wildman–Crippen MR) is 85.4 cm³/mol. The molecule has 0 heterocycles. The molecule has 0 aliphatic heterocycles. The van der Waals surface area contributed by atoms with Gasteiger partial charge in [0.15, 0.2) is 0 Å². The van der Waals surface area contributed by atoms with Crippen molar-refractivity contribution in [2.45, 2.75) is 19.5 Å². The molecule has 106 valence electrons. The van der Waals surface area contributed by atoms with Crippen molar-refractivity contribution in [2.24, 2.45) is 0 Å². The molecule has 0 aromatic heterocycles. The smallest absolute Gasteiger partial charge is 0.124 e. The third kappa shape index (κ3) is 3.60. The molecule has 1 unspecified atom stereocenters. The Hall–Kier alpha value is -0.900. The first-order chi connectivity index (χ1) is 9.49. The summed E-state index contributed by atoms with van der Waals surface area (Å²) in [5.74, 6) is -0.234. The van der Waals surface area contributed by atoms with Gasteiger partial charge in [-0.3, -0.25) is 4.90 Å². The van der Waals surface area contributed by atoms with Crippen LogP contribution in [-0.2, 0) is 6.54 Å². The van der Waals surface area contributed by atoms with Crippen LogP contribution in [0.4, 0.5) is 4.39 Å². The Kier molecular flexibility index (Phi) is 5.19. The topological polar surface area (TPSA) is 3.24 Å². The maximum atomic E-state index is 13.1. The van der Waals surface area contributed by atoms with Crippen molar-refractivity contribution in [3.8, 4) is 0 Å². The maximum absolute atomic E-state index is 13.1. The van der Waals surface area contributed by atoms with Gasteiger partial charge in [0, 0.05) is 22.1 Å². The molecule has 0 bridgehead atoms. The molecule has 2 aromatic rings. The first-order valence-electron chi connectivity index (χ1n) is 6.37. The zero-order valence-corrected chi connectivity index (χ0v) is 13.7. The van der Waals surface area contributed by atoms with Crippen LogP contribution in [0.5, 0.6) is 0 Å². The molecule has 2 aromatic carbocycles. The van der Waals surface area contributed by atoms with E-state index in [9.17, 15) is 4.39 Å². The van der Waals surface area contributed by atoms with Crippen molar-refractivity contribution >= 4 is 27.5 Å². The van der Waals surface area contributed by atoms with Crippen LogP contribution in [0.25, 0.3) is 0 Å². The van der Waals surface area contributed by atoms with Gasteiger partial charge in [-0.05, 0) is 43.3 Å². The first-order valence-corrected chi connectivity index (χ1v) is 7.54. The predicted octanol–water partition coefficient (Wildman–Crippen LogP) is 5.43. The molecule has 0 radical (unpaired) electrons. The minimum absolute atomic E-state index is 0.181. The Morgan fingerprint density at radius 1 is 1.25 bits per heavy atom. The summed E-state index contributed by atoms with van der Waals surface area (Å²) in [6.07, 6.45) is 0. The molecule has 0 aliphatic carbocycles. The van der Waals surface area contributed by atoms with Crippen molar-refractivity contribution in [3.05, 3.63) is 68.9 Å². The summed E-state index contributed by atoms with van der Waals surface area (Å²) < 4.78 is 13.9. The van der Waals surface area contributed by atoms with E-state index in [0.29, 0.717) is 6.54 Å². The van der Waals surface area contributed by atoms with Crippen LogP contribution in [0.15, 0.2) is 46.9 Å². The molecular formula is C16H16BrClFN. The summed E-state index contributed by atoms with van der Waals surface area (Å²) in [5, 5.41) is 0.769. The zero-order valence-electron chi connectivity index (χ0n) is 11.4. The van der Waals surface area contributed by atoms with Gasteiger partial charge in [0.1, 0.15) is 5.82 Å². The van der Waals surface area contributed by atoms with Crippen LogP contribution in [0, 0.1) is 5.82 Å². The molecule has 2 rings (SSSR count). The second-order valence-corrected chi connectivity index (χ2v) is 6.11. The second kappa shape index (κ2) is 6.70. The van der Waals surface area contributed by atoms with Crippen LogP contribution in [0.2, 0.25) is 5.02 Å². The standard InChI is InChI=1S/C16H16BrClFN/c1-11(14-5-3-4-6-16(14)18)20(2)10-12-7-8-13(19)9-15(12)17/h3-9,11H,10H2,1-2H3. The zero-order chi connectivity index (χ0) is 14.7. The SMILES string of the molecule is CC(c1ccccc1Cl)N(C)Cc1ccc(F)cc1Br. The molecule has 0 spiro atoms. The van der Waals surface area contributed by atoms with E-state index < -0.39 is 0 Å². The number of halogens is 3. The van der Waals surface area contributed by atoms with Gasteiger partial charge in [-0.2, -0.15) is 0 Å². The van der Waals surface area contributed by atoms with E-state index in [1.807, 2.05) is 31.3 Å². The van der Waals surface area contributed by atoms with Crippen LogP contribution >= 0.6 is 27.5 Å². The fourth-order valence-electron chi connectivity index (χ4n) is 2.11. The second-order valence-electron chi connectivity index (χ2n) is 4.85. The molecule has 4 heteroatoms. The third-order valence-corrected chi connectivity index (χ3v) is 4.53. The highest BCUT2D eigenvalue weighted by atomic mass is 79.9. The van der Waals surface area contributed by atoms with Crippen molar-refractivity contribution in [3.63, 3.8) is 0 Å². The summed E-state index contributed by atoms with van der Waals surface area (Å²) in [6.45, 7) is 2.83. The van der Waals surface area contributed by atoms with Gasteiger partial charge in [-0.15, -0.1) is 0 Å². The molecule has 1 atom stereocenters. The summed E-state index contributed by atoms with van der Waals surface area (Å²) in [5.41, 5.74) is 2.14. The minimum atomic E-state index is -0.234. The van der Waals surface area contributed by atoms with Crippen molar-refractivity contribution in [1.29, 1.82) is 0 Å². The number of nitrogens with zero attached hydrogens (tertiary/aromatic N) is 1. The van der Waals surface area contributed by atoms with Gasteiger partial charge >= 0.3 is 0 Å². The minimum Gasteiger partial charge on any atom is -0.295 e. The highest BCUT2D eigenvalue weighted by molar-refractivity contribution is 9.10. The molecular weight excluding hydrogens is 341 g/mol. The Labute approximate surface area is 132 Å². The van der Waals surface area contributed by atoms with Crippen molar-refractivity contribution in [1.82, 2.24) is 4.90 Å². The normalized spacial score (nSPS) is 12.7. The van der Waals surface area contributed by atoms with Crippen molar-refractivity contribution in [2.75, 3.05) is 7.05 Å². The highest BCUT2D eigenvalue weighted by Gasteiger charge is 2.15. The first kappa shape index (κ1) is 15.5. The van der Waals surface area contributed by atoms with E-state index in [1.165, 1.54) is 12.1 Å². The number of benzene rings is 2.